The second-order valence-corrected chi connectivity index (χ2v) is 5.94. The molecule has 0 amide bonds. The lowest BCUT2D eigenvalue weighted by molar-refractivity contribution is 0.648. The van der Waals surface area contributed by atoms with Crippen molar-refractivity contribution >= 4 is 16.3 Å². The Morgan fingerprint density at radius 3 is 3.12 bits per heavy atom. The molecule has 0 fully saturated rings. The maximum absolute atomic E-state index is 11.2. The fourth-order valence-electron chi connectivity index (χ4n) is 1.65. The van der Waals surface area contributed by atoms with Crippen molar-refractivity contribution in [2.75, 3.05) is 12.8 Å². The Morgan fingerprint density at radius 2 is 2.35 bits per heavy atom. The fourth-order valence-corrected chi connectivity index (χ4v) is 2.00. The Balaban J connectivity index is 1.98. The third-order valence-electron chi connectivity index (χ3n) is 2.82. The van der Waals surface area contributed by atoms with E-state index in [2.05, 4.69) is 10.4 Å². The molecule has 0 saturated heterocycles. The summed E-state index contributed by atoms with van der Waals surface area (Å²) in [5.74, 6) is 0. The zero-order valence-corrected chi connectivity index (χ0v) is 10.9. The SMILES string of the molecule is CC(CNCc1cnn2ccccc12)S(C)=O. The molecule has 0 spiro atoms. The zero-order chi connectivity index (χ0) is 12.3. The molecule has 2 aromatic rings. The van der Waals surface area contributed by atoms with Crippen molar-refractivity contribution in [1.29, 1.82) is 0 Å². The van der Waals surface area contributed by atoms with Crippen LogP contribution in [0, 0.1) is 0 Å². The van der Waals surface area contributed by atoms with Crippen LogP contribution in [0.15, 0.2) is 30.6 Å². The smallest absolute Gasteiger partial charge is 0.0706 e. The molecular weight excluding hydrogens is 234 g/mol. The Bertz CT molecular complexity index is 523. The van der Waals surface area contributed by atoms with E-state index in [-0.39, 0.29) is 5.25 Å². The minimum atomic E-state index is -0.769. The highest BCUT2D eigenvalue weighted by molar-refractivity contribution is 7.84. The van der Waals surface area contributed by atoms with Gasteiger partial charge in [0.1, 0.15) is 0 Å². The summed E-state index contributed by atoms with van der Waals surface area (Å²) < 4.78 is 13.1. The standard InChI is InChI=1S/C12H17N3OS/c1-10(17(2)16)7-13-8-11-9-14-15-6-4-3-5-12(11)15/h3-6,9-10,13H,7-8H2,1-2H3. The monoisotopic (exact) mass is 251 g/mol. The van der Waals surface area contributed by atoms with Crippen molar-refractivity contribution < 1.29 is 4.21 Å². The molecule has 0 saturated carbocycles. The van der Waals surface area contributed by atoms with Crippen molar-refractivity contribution in [3.8, 4) is 0 Å². The third kappa shape index (κ3) is 2.92. The van der Waals surface area contributed by atoms with Gasteiger partial charge in [-0.1, -0.05) is 6.07 Å². The van der Waals surface area contributed by atoms with E-state index in [1.807, 2.05) is 42.0 Å². The molecular formula is C12H17N3OS. The number of nitrogens with zero attached hydrogens (tertiary/aromatic N) is 2. The third-order valence-corrected chi connectivity index (χ3v) is 4.12. The number of hydrogen-bond acceptors (Lipinski definition) is 3. The summed E-state index contributed by atoms with van der Waals surface area (Å²) in [5.41, 5.74) is 2.28. The highest BCUT2D eigenvalue weighted by atomic mass is 32.2. The Labute approximate surface area is 103 Å². The molecule has 0 bridgehead atoms. The van der Waals surface area contributed by atoms with E-state index in [0.717, 1.165) is 18.6 Å². The van der Waals surface area contributed by atoms with Crippen molar-refractivity contribution in [2.45, 2.75) is 18.7 Å². The van der Waals surface area contributed by atoms with Crippen LogP contribution in [0.25, 0.3) is 5.52 Å². The molecule has 2 atom stereocenters. The number of nitrogens with one attached hydrogen (secondary N) is 1. The molecule has 4 nitrogen and oxygen atoms in total. The van der Waals surface area contributed by atoms with Gasteiger partial charge in [0.15, 0.2) is 0 Å². The van der Waals surface area contributed by atoms with Crippen LogP contribution >= 0.6 is 0 Å². The first-order valence-corrected chi connectivity index (χ1v) is 7.25. The predicted octanol–water partition coefficient (Wildman–Crippen LogP) is 1.19. The molecule has 0 aliphatic heterocycles. The summed E-state index contributed by atoms with van der Waals surface area (Å²) in [4.78, 5) is 0. The van der Waals surface area contributed by atoms with E-state index < -0.39 is 10.8 Å². The summed E-state index contributed by atoms with van der Waals surface area (Å²) >= 11 is 0. The van der Waals surface area contributed by atoms with Crippen LogP contribution in [-0.2, 0) is 17.3 Å². The van der Waals surface area contributed by atoms with E-state index in [9.17, 15) is 4.21 Å². The van der Waals surface area contributed by atoms with Crippen molar-refractivity contribution in [2.24, 2.45) is 0 Å². The van der Waals surface area contributed by atoms with Gasteiger partial charge in [-0.2, -0.15) is 5.10 Å². The lowest BCUT2D eigenvalue weighted by Gasteiger charge is -2.08. The zero-order valence-electron chi connectivity index (χ0n) is 10.1. The Hall–Kier alpha value is -1.20. The largest absolute Gasteiger partial charge is 0.311 e. The number of fused-ring (bicyclic) bond motifs is 1. The van der Waals surface area contributed by atoms with Crippen LogP contribution in [0.5, 0.6) is 0 Å². The predicted molar refractivity (Wildman–Crippen MR) is 70.4 cm³/mol. The van der Waals surface area contributed by atoms with Crippen molar-refractivity contribution in [3.05, 3.63) is 36.2 Å². The van der Waals surface area contributed by atoms with Gasteiger partial charge < -0.3 is 5.32 Å². The van der Waals surface area contributed by atoms with Gasteiger partial charge in [0.05, 0.1) is 11.7 Å². The van der Waals surface area contributed by atoms with Crippen LogP contribution in [0.1, 0.15) is 12.5 Å². The van der Waals surface area contributed by atoms with Gasteiger partial charge in [0.25, 0.3) is 0 Å². The van der Waals surface area contributed by atoms with Crippen LogP contribution in [0.2, 0.25) is 0 Å². The molecule has 92 valence electrons. The highest BCUT2D eigenvalue weighted by Crippen LogP contribution is 2.09. The number of rotatable bonds is 5. The van der Waals surface area contributed by atoms with Gasteiger partial charge >= 0.3 is 0 Å². The van der Waals surface area contributed by atoms with Gasteiger partial charge in [-0.25, -0.2) is 4.52 Å². The van der Waals surface area contributed by atoms with Gasteiger partial charge in [-0.15, -0.1) is 0 Å². The Kier molecular flexibility index (Phi) is 3.91. The molecule has 5 heteroatoms. The van der Waals surface area contributed by atoms with Gasteiger partial charge in [0.2, 0.25) is 0 Å². The lowest BCUT2D eigenvalue weighted by atomic mass is 10.2. The molecule has 17 heavy (non-hydrogen) atoms. The van der Waals surface area contributed by atoms with Crippen molar-refractivity contribution in [3.63, 3.8) is 0 Å². The molecule has 0 aliphatic carbocycles. The Morgan fingerprint density at radius 1 is 1.53 bits per heavy atom. The molecule has 0 aromatic carbocycles. The number of aromatic nitrogens is 2. The van der Waals surface area contributed by atoms with Crippen LogP contribution in [0.4, 0.5) is 0 Å². The van der Waals surface area contributed by atoms with Gasteiger partial charge in [-0.05, 0) is 19.1 Å². The number of hydrogen-bond donors (Lipinski definition) is 1. The second kappa shape index (κ2) is 5.42. The summed E-state index contributed by atoms with van der Waals surface area (Å²) in [5, 5.41) is 7.76. The topological polar surface area (TPSA) is 46.4 Å². The minimum absolute atomic E-state index is 0.178. The first-order valence-electron chi connectivity index (χ1n) is 5.62. The molecule has 1 N–H and O–H groups in total. The van der Waals surface area contributed by atoms with Crippen LogP contribution in [-0.4, -0.2) is 31.9 Å². The first kappa shape index (κ1) is 12.3. The molecule has 0 aliphatic rings. The minimum Gasteiger partial charge on any atom is -0.311 e. The molecule has 2 aromatic heterocycles. The summed E-state index contributed by atoms with van der Waals surface area (Å²) in [6.45, 7) is 3.50. The van der Waals surface area contributed by atoms with Gasteiger partial charge in [0, 0.05) is 47.2 Å². The normalized spacial score (nSPS) is 14.9. The van der Waals surface area contributed by atoms with Crippen molar-refractivity contribution in [1.82, 2.24) is 14.9 Å². The van der Waals surface area contributed by atoms with E-state index in [1.54, 1.807) is 6.26 Å². The van der Waals surface area contributed by atoms with E-state index in [0.29, 0.717) is 0 Å². The second-order valence-electron chi connectivity index (χ2n) is 4.14. The maximum Gasteiger partial charge on any atom is 0.0706 e. The fraction of sp³-hybridized carbons (Fsp3) is 0.417. The van der Waals surface area contributed by atoms with Crippen LogP contribution in [0.3, 0.4) is 0 Å². The quantitative estimate of drug-likeness (QED) is 0.868. The lowest BCUT2D eigenvalue weighted by Crippen LogP contribution is -2.27. The first-order chi connectivity index (χ1) is 8.18. The van der Waals surface area contributed by atoms with E-state index in [4.69, 9.17) is 0 Å². The summed E-state index contributed by atoms with van der Waals surface area (Å²) in [6, 6.07) is 6.01. The number of pyridine rings is 1. The molecule has 2 unspecified atom stereocenters. The summed E-state index contributed by atoms with van der Waals surface area (Å²) in [7, 11) is -0.769. The van der Waals surface area contributed by atoms with Crippen LogP contribution < -0.4 is 5.32 Å². The average molecular weight is 251 g/mol. The van der Waals surface area contributed by atoms with Gasteiger partial charge in [-0.3, -0.25) is 4.21 Å². The highest BCUT2D eigenvalue weighted by Gasteiger charge is 2.06. The summed E-state index contributed by atoms with van der Waals surface area (Å²) in [6.07, 6.45) is 5.54. The van der Waals surface area contributed by atoms with E-state index >= 15 is 0 Å². The molecule has 2 heterocycles. The average Bonchev–Trinajstić information content (AvgIpc) is 2.72. The molecule has 0 radical (unpaired) electrons. The van der Waals surface area contributed by atoms with E-state index in [1.165, 1.54) is 5.56 Å². The maximum atomic E-state index is 11.2. The molecule has 2 rings (SSSR count).